The van der Waals surface area contributed by atoms with E-state index in [2.05, 4.69) is 11.9 Å². The van der Waals surface area contributed by atoms with Crippen LogP contribution >= 0.6 is 0 Å². The van der Waals surface area contributed by atoms with E-state index in [-0.39, 0.29) is 19.6 Å². The van der Waals surface area contributed by atoms with Crippen molar-refractivity contribution in [3.63, 3.8) is 0 Å². The van der Waals surface area contributed by atoms with Crippen LogP contribution < -0.4 is 5.32 Å². The second kappa shape index (κ2) is 7.61. The van der Waals surface area contributed by atoms with Crippen molar-refractivity contribution in [1.82, 2.24) is 9.62 Å². The number of aliphatic hydroxyl groups is 1. The smallest absolute Gasteiger partial charge is 0.407 e. The van der Waals surface area contributed by atoms with Crippen LogP contribution in [0.25, 0.3) is 0 Å². The average Bonchev–Trinajstić information content (AvgIpc) is 2.22. The normalized spacial score (nSPS) is 13.9. The number of hydrogen-bond acceptors (Lipinski definition) is 5. The van der Waals surface area contributed by atoms with Crippen LogP contribution in [0.2, 0.25) is 0 Å². The lowest BCUT2D eigenvalue weighted by molar-refractivity contribution is 0.0485. The summed E-state index contributed by atoms with van der Waals surface area (Å²) in [4.78, 5) is 11.4. The number of amides is 1. The highest BCUT2D eigenvalue weighted by Gasteiger charge is 2.21. The number of nitrogens with zero attached hydrogens (tertiary/aromatic N) is 1. The van der Waals surface area contributed by atoms with Crippen LogP contribution in [0.15, 0.2) is 12.7 Å². The minimum absolute atomic E-state index is 0.0991. The Morgan fingerprint density at radius 1 is 1.50 bits per heavy atom. The number of hydrogen-bond donors (Lipinski definition) is 2. The van der Waals surface area contributed by atoms with Gasteiger partial charge in [0.05, 0.1) is 12.4 Å². The zero-order valence-corrected chi connectivity index (χ0v) is 13.2. The first-order valence-corrected chi connectivity index (χ1v) is 8.01. The van der Waals surface area contributed by atoms with E-state index in [9.17, 15) is 18.3 Å². The van der Waals surface area contributed by atoms with Crippen molar-refractivity contribution in [2.45, 2.75) is 32.5 Å². The summed E-state index contributed by atoms with van der Waals surface area (Å²) in [7, 11) is -3.43. The topological polar surface area (TPSA) is 95.9 Å². The van der Waals surface area contributed by atoms with Gasteiger partial charge in [0, 0.05) is 19.6 Å². The zero-order valence-electron chi connectivity index (χ0n) is 12.4. The molecule has 0 aromatic rings. The Balaban J connectivity index is 4.31. The molecular formula is C12H24N2O5S. The molecule has 1 unspecified atom stereocenters. The monoisotopic (exact) mass is 308 g/mol. The van der Waals surface area contributed by atoms with E-state index in [0.717, 1.165) is 10.6 Å². The summed E-state index contributed by atoms with van der Waals surface area (Å²) >= 11 is 0. The fourth-order valence-electron chi connectivity index (χ4n) is 1.30. The highest BCUT2D eigenvalue weighted by atomic mass is 32.2. The highest BCUT2D eigenvalue weighted by molar-refractivity contribution is 7.88. The molecule has 20 heavy (non-hydrogen) atoms. The molecule has 0 aromatic carbocycles. The molecule has 1 atom stereocenters. The van der Waals surface area contributed by atoms with Crippen molar-refractivity contribution < 1.29 is 23.1 Å². The molecule has 0 aliphatic heterocycles. The molecule has 118 valence electrons. The van der Waals surface area contributed by atoms with Gasteiger partial charge in [0.25, 0.3) is 0 Å². The van der Waals surface area contributed by atoms with E-state index in [0.29, 0.717) is 0 Å². The fourth-order valence-corrected chi connectivity index (χ4v) is 2.12. The molecular weight excluding hydrogens is 284 g/mol. The van der Waals surface area contributed by atoms with Crippen molar-refractivity contribution in [3.8, 4) is 0 Å². The van der Waals surface area contributed by atoms with Crippen molar-refractivity contribution >= 4 is 16.1 Å². The first-order valence-electron chi connectivity index (χ1n) is 6.16. The number of nitrogens with one attached hydrogen (secondary N) is 1. The number of carbonyl (C=O) groups is 1. The van der Waals surface area contributed by atoms with Gasteiger partial charge in [0.15, 0.2) is 0 Å². The first kappa shape index (κ1) is 18.9. The Morgan fingerprint density at radius 2 is 2.05 bits per heavy atom. The molecule has 0 radical (unpaired) electrons. The summed E-state index contributed by atoms with van der Waals surface area (Å²) in [6, 6.07) is 0. The van der Waals surface area contributed by atoms with Crippen LogP contribution in [-0.2, 0) is 14.8 Å². The van der Waals surface area contributed by atoms with Crippen molar-refractivity contribution in [2.75, 3.05) is 25.9 Å². The molecule has 1 amide bonds. The van der Waals surface area contributed by atoms with Gasteiger partial charge in [0.2, 0.25) is 10.0 Å². The molecule has 7 nitrogen and oxygen atoms in total. The summed E-state index contributed by atoms with van der Waals surface area (Å²) in [6.07, 6.45) is 0.780. The lowest BCUT2D eigenvalue weighted by Crippen LogP contribution is -2.43. The lowest BCUT2D eigenvalue weighted by atomic mass is 10.2. The molecule has 0 fully saturated rings. The molecule has 2 N–H and O–H groups in total. The van der Waals surface area contributed by atoms with E-state index in [1.165, 1.54) is 6.08 Å². The Labute approximate surface area is 120 Å². The summed E-state index contributed by atoms with van der Waals surface area (Å²) in [5.41, 5.74) is -0.628. The Kier molecular flexibility index (Phi) is 7.18. The van der Waals surface area contributed by atoms with Gasteiger partial charge in [-0.15, -0.1) is 6.58 Å². The maximum absolute atomic E-state index is 11.4. The number of alkyl carbamates (subject to hydrolysis) is 1. The van der Waals surface area contributed by atoms with Crippen LogP contribution in [0.3, 0.4) is 0 Å². The average molecular weight is 308 g/mol. The molecule has 0 saturated carbocycles. The highest BCUT2D eigenvalue weighted by Crippen LogP contribution is 2.06. The molecule has 0 aliphatic carbocycles. The zero-order chi connectivity index (χ0) is 16.0. The van der Waals surface area contributed by atoms with E-state index in [1.54, 1.807) is 20.8 Å². The second-order valence-electron chi connectivity index (χ2n) is 5.41. The lowest BCUT2D eigenvalue weighted by Gasteiger charge is -2.23. The largest absolute Gasteiger partial charge is 0.444 e. The van der Waals surface area contributed by atoms with E-state index < -0.39 is 27.8 Å². The third-order valence-electron chi connectivity index (χ3n) is 2.10. The predicted octanol–water partition coefficient (Wildman–Crippen LogP) is 0.320. The molecule has 8 heteroatoms. The quantitative estimate of drug-likeness (QED) is 0.660. The van der Waals surface area contributed by atoms with Gasteiger partial charge in [-0.25, -0.2) is 13.2 Å². The molecule has 0 rings (SSSR count). The van der Waals surface area contributed by atoms with Gasteiger partial charge in [-0.05, 0) is 20.8 Å². The molecule has 0 saturated heterocycles. The van der Waals surface area contributed by atoms with E-state index >= 15 is 0 Å². The summed E-state index contributed by atoms with van der Waals surface area (Å²) in [6.45, 7) is 8.50. The number of carbonyl (C=O) groups excluding carboxylic acids is 1. The fraction of sp³-hybridized carbons (Fsp3) is 0.750. The number of ether oxygens (including phenoxy) is 1. The third-order valence-corrected chi connectivity index (χ3v) is 3.33. The van der Waals surface area contributed by atoms with Crippen LogP contribution in [0.4, 0.5) is 4.79 Å². The second-order valence-corrected chi connectivity index (χ2v) is 7.39. The Hall–Kier alpha value is -1.12. The Morgan fingerprint density at radius 3 is 2.45 bits per heavy atom. The van der Waals surface area contributed by atoms with Crippen molar-refractivity contribution in [2.24, 2.45) is 0 Å². The van der Waals surface area contributed by atoms with Crippen LogP contribution in [0, 0.1) is 0 Å². The number of aliphatic hydroxyl groups excluding tert-OH is 1. The Bertz CT molecular complexity index is 428. The number of sulfonamides is 1. The van der Waals surface area contributed by atoms with Gasteiger partial charge in [-0.2, -0.15) is 4.31 Å². The van der Waals surface area contributed by atoms with E-state index in [1.807, 2.05) is 0 Å². The van der Waals surface area contributed by atoms with Gasteiger partial charge >= 0.3 is 6.09 Å². The number of rotatable bonds is 7. The maximum Gasteiger partial charge on any atom is 0.407 e. The standard InChI is InChI=1S/C12H24N2O5S/c1-6-7-14(20(5,17)18)9-10(15)8-13-11(16)19-12(2,3)4/h6,10,15H,1,7-9H2,2-5H3,(H,13,16). The van der Waals surface area contributed by atoms with Gasteiger partial charge in [-0.3, -0.25) is 0 Å². The van der Waals surface area contributed by atoms with E-state index in [4.69, 9.17) is 4.74 Å². The van der Waals surface area contributed by atoms with Gasteiger partial charge in [-0.1, -0.05) is 6.08 Å². The minimum atomic E-state index is -3.43. The maximum atomic E-state index is 11.4. The van der Waals surface area contributed by atoms with Gasteiger partial charge in [0.1, 0.15) is 5.60 Å². The molecule has 0 bridgehead atoms. The summed E-state index contributed by atoms with van der Waals surface area (Å²) < 4.78 is 28.9. The SMILES string of the molecule is C=CCN(CC(O)CNC(=O)OC(C)(C)C)S(C)(=O)=O. The molecule has 0 aromatic heterocycles. The molecule has 0 aliphatic rings. The van der Waals surface area contributed by atoms with Gasteiger partial charge < -0.3 is 15.2 Å². The van der Waals surface area contributed by atoms with Crippen molar-refractivity contribution in [1.29, 1.82) is 0 Å². The van der Waals surface area contributed by atoms with Crippen LogP contribution in [0.1, 0.15) is 20.8 Å². The first-order chi connectivity index (χ1) is 8.95. The minimum Gasteiger partial charge on any atom is -0.444 e. The van der Waals surface area contributed by atoms with Crippen molar-refractivity contribution in [3.05, 3.63) is 12.7 Å². The third kappa shape index (κ3) is 8.89. The van der Waals surface area contributed by atoms with Crippen LogP contribution in [-0.4, -0.2) is 61.5 Å². The molecule has 0 heterocycles. The summed E-state index contributed by atoms with van der Waals surface area (Å²) in [5, 5.41) is 12.1. The molecule has 0 spiro atoms. The summed E-state index contributed by atoms with van der Waals surface area (Å²) in [5.74, 6) is 0. The van der Waals surface area contributed by atoms with Crippen LogP contribution in [0.5, 0.6) is 0 Å². The predicted molar refractivity (Wildman–Crippen MR) is 76.9 cm³/mol.